The minimum atomic E-state index is 1.23. The van der Waals surface area contributed by atoms with E-state index in [0.717, 1.165) is 0 Å². The van der Waals surface area contributed by atoms with Gasteiger partial charge < -0.3 is 0 Å². The van der Waals surface area contributed by atoms with Gasteiger partial charge in [0.05, 0.1) is 0 Å². The zero-order valence-corrected chi connectivity index (χ0v) is 26.9. The molecule has 8 aromatic rings. The zero-order chi connectivity index (χ0) is 29.3. The highest BCUT2D eigenvalue weighted by atomic mass is 32.1. The molecule has 8 rings (SSSR count). The van der Waals surface area contributed by atoms with Gasteiger partial charge in [-0.15, -0.1) is 45.3 Å². The van der Waals surface area contributed by atoms with Crippen molar-refractivity contribution in [2.45, 2.75) is 0 Å². The van der Waals surface area contributed by atoms with Gasteiger partial charge >= 0.3 is 0 Å². The summed E-state index contributed by atoms with van der Waals surface area (Å²) in [6.07, 6.45) is 0. The second kappa shape index (κ2) is 12.0. The van der Waals surface area contributed by atoms with Crippen LogP contribution in [0.5, 0.6) is 0 Å². The van der Waals surface area contributed by atoms with Gasteiger partial charge in [0.15, 0.2) is 0 Å². The maximum absolute atomic E-state index is 2.27. The molecule has 0 saturated carbocycles. The molecule has 4 aromatic heterocycles. The van der Waals surface area contributed by atoms with E-state index in [9.17, 15) is 0 Å². The molecule has 0 amide bonds. The molecule has 0 nitrogen and oxygen atoms in total. The smallest absolute Gasteiger partial charge is 0.0449 e. The van der Waals surface area contributed by atoms with Crippen molar-refractivity contribution in [2.75, 3.05) is 0 Å². The van der Waals surface area contributed by atoms with E-state index in [-0.39, 0.29) is 0 Å². The van der Waals surface area contributed by atoms with Gasteiger partial charge in [-0.3, -0.25) is 0 Å². The second-order valence-electron chi connectivity index (χ2n) is 10.6. The van der Waals surface area contributed by atoms with Crippen molar-refractivity contribution in [3.05, 3.63) is 157 Å². The van der Waals surface area contributed by atoms with Crippen LogP contribution in [0.25, 0.3) is 73.1 Å². The Labute approximate surface area is 273 Å². The fraction of sp³-hybridized carbons (Fsp3) is 0. The highest BCUT2D eigenvalue weighted by Crippen LogP contribution is 2.43. The van der Waals surface area contributed by atoms with Crippen molar-refractivity contribution < 1.29 is 0 Å². The Morgan fingerprint density at radius 2 is 0.568 bits per heavy atom. The highest BCUT2D eigenvalue weighted by molar-refractivity contribution is 7.28. The molecule has 4 aromatic carbocycles. The lowest BCUT2D eigenvalue weighted by Crippen LogP contribution is -1.82. The second-order valence-corrected chi connectivity index (χ2v) is 14.8. The van der Waals surface area contributed by atoms with E-state index in [1.54, 1.807) is 11.3 Å². The number of rotatable bonds is 7. The molecule has 0 aliphatic carbocycles. The summed E-state index contributed by atoms with van der Waals surface area (Å²) in [6, 6.07) is 55.1. The van der Waals surface area contributed by atoms with Gasteiger partial charge in [0.1, 0.15) is 0 Å². The Kier molecular flexibility index (Phi) is 7.42. The molecule has 0 unspecified atom stereocenters. The van der Waals surface area contributed by atoms with Crippen LogP contribution in [0.3, 0.4) is 0 Å². The Bertz CT molecular complexity index is 2120. The quantitative estimate of drug-likeness (QED) is 0.164. The summed E-state index contributed by atoms with van der Waals surface area (Å²) in [5.74, 6) is 0. The molecule has 4 heterocycles. The van der Waals surface area contributed by atoms with Crippen LogP contribution in [-0.4, -0.2) is 0 Å². The van der Waals surface area contributed by atoms with Crippen LogP contribution in [0.4, 0.5) is 0 Å². The van der Waals surface area contributed by atoms with Gasteiger partial charge in [-0.2, -0.15) is 0 Å². The first-order valence-electron chi connectivity index (χ1n) is 14.5. The topological polar surface area (TPSA) is 0 Å². The number of thiophene rings is 4. The fourth-order valence-electron chi connectivity index (χ4n) is 5.42. The Balaban J connectivity index is 0.956. The Hall–Kier alpha value is -4.32. The maximum Gasteiger partial charge on any atom is 0.0449 e. The van der Waals surface area contributed by atoms with E-state index >= 15 is 0 Å². The standard InChI is InChI=1S/C40H26S4/c1-2-5-27(6-3-1)28-8-10-29(11-9-28)30-12-14-31(15-13-30)32-16-18-33(19-17-32)34-20-21-37(42-34)38-24-25-40(44-38)39-23-22-36(43-39)35-7-4-26-41-35/h1-26H. The summed E-state index contributed by atoms with van der Waals surface area (Å²) in [5.41, 5.74) is 8.68. The van der Waals surface area contributed by atoms with Crippen LogP contribution in [-0.2, 0) is 0 Å². The minimum Gasteiger partial charge on any atom is -0.143 e. The van der Waals surface area contributed by atoms with Crippen molar-refractivity contribution in [3.8, 4) is 73.1 Å². The third kappa shape index (κ3) is 5.54. The summed E-state index contributed by atoms with van der Waals surface area (Å²) in [4.78, 5) is 9.31. The SMILES string of the molecule is c1ccc(-c2ccc(-c3ccc(-c4ccc(-c5ccc(-c6ccc(-c7ccc(-c8cccs8)s7)s6)s5)cc4)cc3)cc2)cc1. The fourth-order valence-corrected chi connectivity index (χ4v) is 9.46. The lowest BCUT2D eigenvalue weighted by molar-refractivity contribution is 1.57. The van der Waals surface area contributed by atoms with Crippen LogP contribution in [0, 0.1) is 0 Å². The maximum atomic E-state index is 2.27. The molecule has 0 saturated heterocycles. The van der Waals surface area contributed by atoms with Gasteiger partial charge in [-0.25, -0.2) is 0 Å². The van der Waals surface area contributed by atoms with Crippen LogP contribution in [0.2, 0.25) is 0 Å². The Morgan fingerprint density at radius 3 is 0.977 bits per heavy atom. The Morgan fingerprint density at radius 1 is 0.227 bits per heavy atom. The van der Waals surface area contributed by atoms with E-state index in [1.807, 2.05) is 34.0 Å². The van der Waals surface area contributed by atoms with Crippen LogP contribution in [0.1, 0.15) is 0 Å². The highest BCUT2D eigenvalue weighted by Gasteiger charge is 2.12. The number of benzene rings is 4. The van der Waals surface area contributed by atoms with E-state index in [2.05, 4.69) is 157 Å². The first-order valence-corrected chi connectivity index (χ1v) is 17.8. The van der Waals surface area contributed by atoms with E-state index in [0.29, 0.717) is 0 Å². The molecule has 0 bridgehead atoms. The molecular weight excluding hydrogens is 609 g/mol. The van der Waals surface area contributed by atoms with Gasteiger partial charge in [0, 0.05) is 34.1 Å². The molecule has 4 heteroatoms. The van der Waals surface area contributed by atoms with E-state index in [1.165, 1.54) is 73.1 Å². The summed E-state index contributed by atoms with van der Waals surface area (Å²) >= 11 is 7.43. The summed E-state index contributed by atoms with van der Waals surface area (Å²) in [5, 5.41) is 2.14. The molecule has 44 heavy (non-hydrogen) atoms. The predicted molar refractivity (Wildman–Crippen MR) is 196 cm³/mol. The molecule has 0 radical (unpaired) electrons. The molecular formula is C40H26S4. The third-order valence-electron chi connectivity index (χ3n) is 7.78. The summed E-state index contributed by atoms with van der Waals surface area (Å²) in [7, 11) is 0. The first kappa shape index (κ1) is 27.2. The van der Waals surface area contributed by atoms with E-state index in [4.69, 9.17) is 0 Å². The zero-order valence-electron chi connectivity index (χ0n) is 23.6. The van der Waals surface area contributed by atoms with Crippen LogP contribution >= 0.6 is 45.3 Å². The van der Waals surface area contributed by atoms with Crippen molar-refractivity contribution in [2.24, 2.45) is 0 Å². The largest absolute Gasteiger partial charge is 0.143 e. The monoisotopic (exact) mass is 634 g/mol. The van der Waals surface area contributed by atoms with Crippen molar-refractivity contribution >= 4 is 45.3 Å². The first-order chi connectivity index (χ1) is 21.8. The summed E-state index contributed by atoms with van der Waals surface area (Å²) in [6.45, 7) is 0. The van der Waals surface area contributed by atoms with Crippen molar-refractivity contribution in [1.82, 2.24) is 0 Å². The molecule has 0 aliphatic heterocycles. The molecule has 0 aliphatic rings. The van der Waals surface area contributed by atoms with Gasteiger partial charge in [-0.05, 0) is 86.8 Å². The average Bonchev–Trinajstić information content (AvgIpc) is 3.92. The van der Waals surface area contributed by atoms with Crippen LogP contribution < -0.4 is 0 Å². The van der Waals surface area contributed by atoms with Gasteiger partial charge in [0.25, 0.3) is 0 Å². The molecule has 0 N–H and O–H groups in total. The number of hydrogen-bond acceptors (Lipinski definition) is 4. The number of hydrogen-bond donors (Lipinski definition) is 0. The van der Waals surface area contributed by atoms with Crippen molar-refractivity contribution in [3.63, 3.8) is 0 Å². The molecule has 0 spiro atoms. The van der Waals surface area contributed by atoms with Crippen LogP contribution in [0.15, 0.2) is 157 Å². The molecule has 0 fully saturated rings. The lowest BCUT2D eigenvalue weighted by atomic mass is 9.97. The molecule has 210 valence electrons. The van der Waals surface area contributed by atoms with E-state index < -0.39 is 0 Å². The van der Waals surface area contributed by atoms with Gasteiger partial charge in [0.2, 0.25) is 0 Å². The minimum absolute atomic E-state index is 1.23. The normalized spacial score (nSPS) is 11.2. The third-order valence-corrected chi connectivity index (χ3v) is 12.5. The lowest BCUT2D eigenvalue weighted by Gasteiger charge is -2.07. The van der Waals surface area contributed by atoms with Gasteiger partial charge in [-0.1, -0.05) is 109 Å². The average molecular weight is 635 g/mol. The van der Waals surface area contributed by atoms with Crippen molar-refractivity contribution in [1.29, 1.82) is 0 Å². The summed E-state index contributed by atoms with van der Waals surface area (Å²) < 4.78 is 0. The molecule has 0 atom stereocenters. The predicted octanol–water partition coefficient (Wildman–Crippen LogP) is 13.6.